The Morgan fingerprint density at radius 3 is 2.33 bits per heavy atom. The van der Waals surface area contributed by atoms with E-state index in [4.69, 9.17) is 0 Å². The molecule has 5 heteroatoms. The molecule has 0 spiro atoms. The van der Waals surface area contributed by atoms with Crippen LogP contribution in [0.1, 0.15) is 25.0 Å². The number of hydrazone groups is 1. The van der Waals surface area contributed by atoms with Crippen LogP contribution >= 0.6 is 0 Å². The van der Waals surface area contributed by atoms with Crippen molar-refractivity contribution < 1.29 is 9.59 Å². The molecule has 0 radical (unpaired) electrons. The zero-order valence-corrected chi connectivity index (χ0v) is 10.7. The van der Waals surface area contributed by atoms with Crippen molar-refractivity contribution >= 4 is 18.0 Å². The first kappa shape index (κ1) is 13.9. The molecule has 2 amide bonds. The van der Waals surface area contributed by atoms with E-state index in [9.17, 15) is 9.59 Å². The fourth-order valence-corrected chi connectivity index (χ4v) is 1.20. The molecule has 0 aliphatic carbocycles. The van der Waals surface area contributed by atoms with Crippen molar-refractivity contribution in [3.05, 3.63) is 35.4 Å². The summed E-state index contributed by atoms with van der Waals surface area (Å²) < 4.78 is 0. The molecule has 0 atom stereocenters. The molecule has 0 fully saturated rings. The van der Waals surface area contributed by atoms with Gasteiger partial charge in [-0.3, -0.25) is 9.59 Å². The van der Waals surface area contributed by atoms with Crippen LogP contribution in [0.25, 0.3) is 0 Å². The van der Waals surface area contributed by atoms with Crippen LogP contribution in [0.2, 0.25) is 0 Å². The highest BCUT2D eigenvalue weighted by Gasteiger charge is 2.12. The molecular weight excluding hydrogens is 230 g/mol. The highest BCUT2D eigenvalue weighted by Crippen LogP contribution is 1.99. The van der Waals surface area contributed by atoms with Gasteiger partial charge in [0, 0.05) is 6.04 Å². The summed E-state index contributed by atoms with van der Waals surface area (Å²) in [6.45, 7) is 5.54. The normalized spacial score (nSPS) is 10.7. The molecule has 0 aliphatic heterocycles. The first-order chi connectivity index (χ1) is 8.49. The van der Waals surface area contributed by atoms with E-state index in [1.54, 1.807) is 13.8 Å². The minimum absolute atomic E-state index is 0.0793. The number of aryl methyl sites for hydroxylation is 1. The van der Waals surface area contributed by atoms with Gasteiger partial charge in [0.2, 0.25) is 0 Å². The maximum Gasteiger partial charge on any atom is 0.329 e. The van der Waals surface area contributed by atoms with E-state index >= 15 is 0 Å². The second kappa shape index (κ2) is 6.54. The van der Waals surface area contributed by atoms with Crippen molar-refractivity contribution in [3.8, 4) is 0 Å². The van der Waals surface area contributed by atoms with Gasteiger partial charge in [0.25, 0.3) is 0 Å². The molecule has 0 saturated heterocycles. The quantitative estimate of drug-likeness (QED) is 0.474. The number of hydrogen-bond donors (Lipinski definition) is 2. The predicted octanol–water partition coefficient (Wildman–Crippen LogP) is 0.970. The van der Waals surface area contributed by atoms with Crippen molar-refractivity contribution in [2.24, 2.45) is 5.10 Å². The van der Waals surface area contributed by atoms with Crippen LogP contribution in [-0.4, -0.2) is 24.1 Å². The Balaban J connectivity index is 2.47. The molecular formula is C13H17N3O2. The highest BCUT2D eigenvalue weighted by molar-refractivity contribution is 6.35. The number of amides is 2. The second-order valence-corrected chi connectivity index (χ2v) is 4.24. The van der Waals surface area contributed by atoms with E-state index in [1.807, 2.05) is 31.2 Å². The summed E-state index contributed by atoms with van der Waals surface area (Å²) in [6.07, 6.45) is 1.49. The lowest BCUT2D eigenvalue weighted by Crippen LogP contribution is -2.41. The van der Waals surface area contributed by atoms with Gasteiger partial charge in [-0.2, -0.15) is 5.10 Å². The minimum atomic E-state index is -0.771. The molecule has 2 N–H and O–H groups in total. The number of nitrogens with one attached hydrogen (secondary N) is 2. The van der Waals surface area contributed by atoms with Crippen LogP contribution in [-0.2, 0) is 9.59 Å². The van der Waals surface area contributed by atoms with Crippen molar-refractivity contribution in [1.82, 2.24) is 10.7 Å². The summed E-state index contributed by atoms with van der Waals surface area (Å²) in [5, 5.41) is 6.19. The molecule has 0 bridgehead atoms. The molecule has 0 aliphatic rings. The number of carbonyl (C=O) groups is 2. The van der Waals surface area contributed by atoms with Crippen molar-refractivity contribution in [1.29, 1.82) is 0 Å². The largest absolute Gasteiger partial charge is 0.346 e. The number of benzene rings is 1. The predicted molar refractivity (Wildman–Crippen MR) is 70.2 cm³/mol. The Morgan fingerprint density at radius 2 is 1.78 bits per heavy atom. The van der Waals surface area contributed by atoms with Gasteiger partial charge < -0.3 is 5.32 Å². The molecule has 0 heterocycles. The zero-order chi connectivity index (χ0) is 13.5. The maximum absolute atomic E-state index is 11.3. The molecule has 5 nitrogen and oxygen atoms in total. The molecule has 0 unspecified atom stereocenters. The topological polar surface area (TPSA) is 70.6 Å². The molecule has 0 aromatic heterocycles. The second-order valence-electron chi connectivity index (χ2n) is 4.24. The number of nitrogens with zero attached hydrogens (tertiary/aromatic N) is 1. The third kappa shape index (κ3) is 4.78. The SMILES string of the molecule is Cc1ccc(/C=N/NC(=O)C(=O)NC(C)C)cc1. The van der Waals surface area contributed by atoms with Crippen LogP contribution < -0.4 is 10.7 Å². The summed E-state index contributed by atoms with van der Waals surface area (Å²) in [6, 6.07) is 7.55. The van der Waals surface area contributed by atoms with Crippen molar-refractivity contribution in [2.45, 2.75) is 26.8 Å². The lowest BCUT2D eigenvalue weighted by molar-refractivity contribution is -0.139. The summed E-state index contributed by atoms with van der Waals surface area (Å²) >= 11 is 0. The standard InChI is InChI=1S/C13H17N3O2/c1-9(2)15-12(17)13(18)16-14-8-11-6-4-10(3)5-7-11/h4-9H,1-3H3,(H,15,17)(H,16,18)/b14-8+. The summed E-state index contributed by atoms with van der Waals surface area (Å²) in [5.74, 6) is -1.46. The van der Waals surface area contributed by atoms with Gasteiger partial charge in [-0.05, 0) is 26.3 Å². The van der Waals surface area contributed by atoms with Gasteiger partial charge in [-0.25, -0.2) is 5.43 Å². The van der Waals surface area contributed by atoms with Gasteiger partial charge in [-0.1, -0.05) is 29.8 Å². The van der Waals surface area contributed by atoms with Crippen LogP contribution in [0.5, 0.6) is 0 Å². The van der Waals surface area contributed by atoms with E-state index in [1.165, 1.54) is 6.21 Å². The third-order valence-electron chi connectivity index (χ3n) is 2.08. The Labute approximate surface area is 106 Å². The summed E-state index contributed by atoms with van der Waals surface area (Å²) in [5.41, 5.74) is 4.17. The van der Waals surface area contributed by atoms with Gasteiger partial charge >= 0.3 is 11.8 Å². The fraction of sp³-hybridized carbons (Fsp3) is 0.308. The van der Waals surface area contributed by atoms with E-state index in [0.29, 0.717) is 0 Å². The van der Waals surface area contributed by atoms with Gasteiger partial charge in [0.15, 0.2) is 0 Å². The molecule has 96 valence electrons. The first-order valence-corrected chi connectivity index (χ1v) is 5.69. The highest BCUT2D eigenvalue weighted by atomic mass is 16.2. The Kier molecular flexibility index (Phi) is 5.05. The van der Waals surface area contributed by atoms with Gasteiger partial charge in [0.05, 0.1) is 6.21 Å². The van der Waals surface area contributed by atoms with Crippen molar-refractivity contribution in [2.75, 3.05) is 0 Å². The van der Waals surface area contributed by atoms with Gasteiger partial charge in [0.1, 0.15) is 0 Å². The van der Waals surface area contributed by atoms with E-state index in [2.05, 4.69) is 15.8 Å². The monoisotopic (exact) mass is 247 g/mol. The Bertz CT molecular complexity index is 450. The van der Waals surface area contributed by atoms with Crippen molar-refractivity contribution in [3.63, 3.8) is 0 Å². The molecule has 1 aromatic carbocycles. The van der Waals surface area contributed by atoms with Crippen LogP contribution in [0.15, 0.2) is 29.4 Å². The van der Waals surface area contributed by atoms with Crippen LogP contribution in [0.3, 0.4) is 0 Å². The van der Waals surface area contributed by atoms with E-state index in [0.717, 1.165) is 11.1 Å². The average Bonchev–Trinajstić information content (AvgIpc) is 2.30. The summed E-state index contributed by atoms with van der Waals surface area (Å²) in [4.78, 5) is 22.5. The van der Waals surface area contributed by atoms with E-state index < -0.39 is 11.8 Å². The lowest BCUT2D eigenvalue weighted by atomic mass is 10.2. The van der Waals surface area contributed by atoms with Crippen LogP contribution in [0, 0.1) is 6.92 Å². The first-order valence-electron chi connectivity index (χ1n) is 5.69. The Morgan fingerprint density at radius 1 is 1.17 bits per heavy atom. The summed E-state index contributed by atoms with van der Waals surface area (Å²) in [7, 11) is 0. The number of carbonyl (C=O) groups excluding carboxylic acids is 2. The molecule has 18 heavy (non-hydrogen) atoms. The molecule has 0 saturated carbocycles. The maximum atomic E-state index is 11.3. The zero-order valence-electron chi connectivity index (χ0n) is 10.7. The fourth-order valence-electron chi connectivity index (χ4n) is 1.20. The average molecular weight is 247 g/mol. The van der Waals surface area contributed by atoms with E-state index in [-0.39, 0.29) is 6.04 Å². The molecule has 1 aromatic rings. The van der Waals surface area contributed by atoms with Crippen LogP contribution in [0.4, 0.5) is 0 Å². The number of rotatable bonds is 3. The van der Waals surface area contributed by atoms with Gasteiger partial charge in [-0.15, -0.1) is 0 Å². The molecule has 1 rings (SSSR count). The lowest BCUT2D eigenvalue weighted by Gasteiger charge is -2.05. The third-order valence-corrected chi connectivity index (χ3v) is 2.08. The Hall–Kier alpha value is -2.17. The smallest absolute Gasteiger partial charge is 0.329 e. The number of hydrogen-bond acceptors (Lipinski definition) is 3. The minimum Gasteiger partial charge on any atom is -0.346 e.